The summed E-state index contributed by atoms with van der Waals surface area (Å²) in [7, 11) is 0. The van der Waals surface area contributed by atoms with Gasteiger partial charge in [0.1, 0.15) is 5.54 Å². The molecule has 0 unspecified atom stereocenters. The minimum atomic E-state index is -0.622. The molecule has 1 fully saturated rings. The van der Waals surface area contributed by atoms with E-state index in [1.54, 1.807) is 0 Å². The summed E-state index contributed by atoms with van der Waals surface area (Å²) >= 11 is 1.93. The summed E-state index contributed by atoms with van der Waals surface area (Å²) in [6.07, 6.45) is 3.44. The van der Waals surface area contributed by atoms with Crippen molar-refractivity contribution >= 4 is 17.7 Å². The van der Waals surface area contributed by atoms with Crippen molar-refractivity contribution in [2.45, 2.75) is 45.1 Å². The van der Waals surface area contributed by atoms with Gasteiger partial charge in [0.2, 0.25) is 0 Å². The Morgan fingerprint density at radius 2 is 1.75 bits per heavy atom. The van der Waals surface area contributed by atoms with E-state index in [0.29, 0.717) is 0 Å². The second-order valence-electron chi connectivity index (χ2n) is 4.44. The number of aliphatic carboxylic acids is 1. The van der Waals surface area contributed by atoms with Crippen molar-refractivity contribution in [3.63, 3.8) is 0 Å². The monoisotopic (exact) mass is 245 g/mol. The number of carbonyl (C=O) groups is 1. The predicted molar refractivity (Wildman–Crippen MR) is 69.1 cm³/mol. The number of nitrogens with zero attached hydrogens (tertiary/aromatic N) is 1. The molecule has 0 aromatic rings. The van der Waals surface area contributed by atoms with Crippen molar-refractivity contribution in [3.05, 3.63) is 0 Å². The molecule has 1 rings (SSSR count). The van der Waals surface area contributed by atoms with Gasteiger partial charge in [0, 0.05) is 24.6 Å². The minimum Gasteiger partial charge on any atom is -0.480 e. The van der Waals surface area contributed by atoms with Crippen LogP contribution in [0, 0.1) is 0 Å². The van der Waals surface area contributed by atoms with Gasteiger partial charge >= 0.3 is 5.97 Å². The predicted octanol–water partition coefficient (Wildman–Crippen LogP) is 2.46. The van der Waals surface area contributed by atoms with Crippen LogP contribution < -0.4 is 0 Å². The fourth-order valence-corrected chi connectivity index (χ4v) is 3.51. The lowest BCUT2D eigenvalue weighted by atomic mass is 9.86. The van der Waals surface area contributed by atoms with Gasteiger partial charge in [-0.3, -0.25) is 9.69 Å². The number of thioether (sulfide) groups is 1. The molecular weight excluding hydrogens is 222 g/mol. The molecule has 1 aliphatic heterocycles. The maximum atomic E-state index is 11.7. The molecule has 94 valence electrons. The normalized spacial score (nSPS) is 18.6. The highest BCUT2D eigenvalue weighted by atomic mass is 32.2. The summed E-state index contributed by atoms with van der Waals surface area (Å²) < 4.78 is 0. The molecule has 0 bridgehead atoms. The largest absolute Gasteiger partial charge is 0.480 e. The number of hydrogen-bond acceptors (Lipinski definition) is 3. The number of carboxylic acid groups (broad SMARTS) is 1. The summed E-state index contributed by atoms with van der Waals surface area (Å²) in [5.41, 5.74) is -0.593. The lowest BCUT2D eigenvalue weighted by Crippen LogP contribution is -2.57. The Kier molecular flexibility index (Phi) is 5.62. The van der Waals surface area contributed by atoms with Gasteiger partial charge < -0.3 is 5.11 Å². The molecule has 0 amide bonds. The van der Waals surface area contributed by atoms with E-state index in [1.807, 2.05) is 11.8 Å². The highest BCUT2D eigenvalue weighted by molar-refractivity contribution is 7.99. The van der Waals surface area contributed by atoms with Crippen LogP contribution in [0.2, 0.25) is 0 Å². The van der Waals surface area contributed by atoms with E-state index in [2.05, 4.69) is 18.7 Å². The van der Waals surface area contributed by atoms with Crippen molar-refractivity contribution in [1.29, 1.82) is 0 Å². The van der Waals surface area contributed by atoms with Crippen molar-refractivity contribution < 1.29 is 9.90 Å². The van der Waals surface area contributed by atoms with Gasteiger partial charge in [0.15, 0.2) is 0 Å². The van der Waals surface area contributed by atoms with Crippen LogP contribution in [0.5, 0.6) is 0 Å². The van der Waals surface area contributed by atoms with Crippen LogP contribution in [0.15, 0.2) is 0 Å². The van der Waals surface area contributed by atoms with E-state index < -0.39 is 11.5 Å². The summed E-state index contributed by atoms with van der Waals surface area (Å²) in [5.74, 6) is 1.52. The Balaban J connectivity index is 2.84. The molecule has 0 saturated carbocycles. The first-order chi connectivity index (χ1) is 7.67. The lowest BCUT2D eigenvalue weighted by molar-refractivity contribution is -0.153. The van der Waals surface area contributed by atoms with E-state index in [4.69, 9.17) is 0 Å². The molecule has 0 aliphatic carbocycles. The Morgan fingerprint density at radius 3 is 2.12 bits per heavy atom. The van der Waals surface area contributed by atoms with E-state index in [1.165, 1.54) is 0 Å². The Hall–Kier alpha value is -0.220. The van der Waals surface area contributed by atoms with Crippen LogP contribution in [0.3, 0.4) is 0 Å². The molecule has 0 aromatic carbocycles. The number of carboxylic acids is 1. The third-order valence-corrected chi connectivity index (χ3v) is 4.28. The molecule has 1 heterocycles. The second-order valence-corrected chi connectivity index (χ2v) is 5.66. The van der Waals surface area contributed by atoms with Gasteiger partial charge in [-0.2, -0.15) is 11.8 Å². The zero-order valence-corrected chi connectivity index (χ0v) is 11.2. The Bertz CT molecular complexity index is 221. The van der Waals surface area contributed by atoms with E-state index in [9.17, 15) is 9.90 Å². The van der Waals surface area contributed by atoms with Crippen molar-refractivity contribution in [1.82, 2.24) is 4.90 Å². The fourth-order valence-electron chi connectivity index (χ4n) is 2.61. The molecule has 0 radical (unpaired) electrons. The first-order valence-electron chi connectivity index (χ1n) is 6.23. The van der Waals surface area contributed by atoms with Crippen LogP contribution in [-0.4, -0.2) is 46.1 Å². The van der Waals surface area contributed by atoms with Gasteiger partial charge in [-0.1, -0.05) is 26.7 Å². The van der Waals surface area contributed by atoms with Crippen molar-refractivity contribution in [2.24, 2.45) is 0 Å². The van der Waals surface area contributed by atoms with E-state index >= 15 is 0 Å². The molecule has 1 N–H and O–H groups in total. The zero-order valence-electron chi connectivity index (χ0n) is 10.4. The summed E-state index contributed by atoms with van der Waals surface area (Å²) in [5, 5.41) is 9.59. The summed E-state index contributed by atoms with van der Waals surface area (Å²) in [6, 6.07) is 0. The first kappa shape index (κ1) is 13.8. The first-order valence-corrected chi connectivity index (χ1v) is 7.39. The molecule has 0 atom stereocenters. The Morgan fingerprint density at radius 1 is 1.25 bits per heavy atom. The summed E-state index contributed by atoms with van der Waals surface area (Å²) in [4.78, 5) is 13.9. The molecule has 3 nitrogen and oxygen atoms in total. The number of hydrogen-bond donors (Lipinski definition) is 1. The third kappa shape index (κ3) is 2.92. The molecule has 1 saturated heterocycles. The van der Waals surface area contributed by atoms with Gasteiger partial charge in [-0.15, -0.1) is 0 Å². The second kappa shape index (κ2) is 6.50. The van der Waals surface area contributed by atoms with Gasteiger partial charge in [-0.25, -0.2) is 0 Å². The zero-order chi connectivity index (χ0) is 12.0. The maximum absolute atomic E-state index is 11.7. The van der Waals surface area contributed by atoms with Gasteiger partial charge in [0.05, 0.1) is 0 Å². The van der Waals surface area contributed by atoms with Gasteiger partial charge in [0.25, 0.3) is 0 Å². The minimum absolute atomic E-state index is 0.593. The SMILES string of the molecule is CCCC(CCC)(C(=O)O)N1CCSCC1. The molecule has 16 heavy (non-hydrogen) atoms. The molecule has 4 heteroatoms. The van der Waals surface area contributed by atoms with Crippen LogP contribution in [0.4, 0.5) is 0 Å². The van der Waals surface area contributed by atoms with Crippen LogP contribution in [0.1, 0.15) is 39.5 Å². The van der Waals surface area contributed by atoms with Crippen LogP contribution in [0.25, 0.3) is 0 Å². The van der Waals surface area contributed by atoms with Gasteiger partial charge in [-0.05, 0) is 12.8 Å². The highest BCUT2D eigenvalue weighted by Crippen LogP contribution is 2.30. The Labute approximate surface area is 103 Å². The van der Waals surface area contributed by atoms with Crippen LogP contribution >= 0.6 is 11.8 Å². The number of rotatable bonds is 6. The van der Waals surface area contributed by atoms with E-state index in [0.717, 1.165) is 50.3 Å². The summed E-state index contributed by atoms with van der Waals surface area (Å²) in [6.45, 7) is 6.01. The van der Waals surface area contributed by atoms with E-state index in [-0.39, 0.29) is 0 Å². The molecular formula is C12H23NO2S. The molecule has 0 aromatic heterocycles. The topological polar surface area (TPSA) is 40.5 Å². The average molecular weight is 245 g/mol. The highest BCUT2D eigenvalue weighted by Gasteiger charge is 2.42. The smallest absolute Gasteiger partial charge is 0.324 e. The fraction of sp³-hybridized carbons (Fsp3) is 0.917. The van der Waals surface area contributed by atoms with Crippen molar-refractivity contribution in [2.75, 3.05) is 24.6 Å². The standard InChI is InChI=1S/C12H23NO2S/c1-3-5-12(6-4-2,11(14)15)13-7-9-16-10-8-13/h3-10H2,1-2H3,(H,14,15). The maximum Gasteiger partial charge on any atom is 0.324 e. The van der Waals surface area contributed by atoms with Crippen molar-refractivity contribution in [3.8, 4) is 0 Å². The third-order valence-electron chi connectivity index (χ3n) is 3.34. The molecule has 1 aliphatic rings. The average Bonchev–Trinajstić information content (AvgIpc) is 2.29. The quantitative estimate of drug-likeness (QED) is 0.780. The van der Waals surface area contributed by atoms with Crippen LogP contribution in [-0.2, 0) is 4.79 Å². The molecule has 0 spiro atoms. The lowest BCUT2D eigenvalue weighted by Gasteiger charge is -2.42.